The molecule has 0 aliphatic heterocycles. The predicted octanol–water partition coefficient (Wildman–Crippen LogP) is 1.82. The van der Waals surface area contributed by atoms with E-state index < -0.39 is 9.85 Å². The number of non-ortho nitro benzene ring substituents is 2. The molecule has 0 heterocycles. The Labute approximate surface area is 210 Å². The minimum Gasteiger partial charge on any atom is -0.872 e. The fraction of sp³-hybridized carbons (Fsp3) is 0.250. The van der Waals surface area contributed by atoms with E-state index in [0.717, 1.165) is 24.3 Å². The van der Waals surface area contributed by atoms with Crippen LogP contribution < -0.4 is 15.5 Å². The van der Waals surface area contributed by atoms with Crippen molar-refractivity contribution in [1.82, 2.24) is 5.32 Å². The van der Waals surface area contributed by atoms with Gasteiger partial charge in [0.15, 0.2) is 0 Å². The summed E-state index contributed by atoms with van der Waals surface area (Å²) < 4.78 is 0. The van der Waals surface area contributed by atoms with Crippen LogP contribution in [0, 0.1) is 20.2 Å². The first-order valence-electron chi connectivity index (χ1n) is 9.42. The van der Waals surface area contributed by atoms with Crippen molar-refractivity contribution in [2.45, 2.75) is 6.42 Å². The summed E-state index contributed by atoms with van der Waals surface area (Å²) in [6.45, 7) is 2.00. The molecule has 2 rings (SSSR count). The van der Waals surface area contributed by atoms with E-state index >= 15 is 0 Å². The molecule has 14 heteroatoms. The number of nitrogens with zero attached hydrogens (tertiary/aromatic N) is 5. The number of hydrogen-bond acceptors (Lipinski definition) is 10. The first-order valence-corrected chi connectivity index (χ1v) is 9.83. The van der Waals surface area contributed by atoms with Crippen LogP contribution in [0.25, 0.3) is 5.41 Å². The number of nitro benzene ring substituents is 2. The summed E-state index contributed by atoms with van der Waals surface area (Å²) in [5, 5.41) is 56.3. The maximum Gasteiger partial charge on any atom is 4.00 e. The third kappa shape index (κ3) is 11.4. The van der Waals surface area contributed by atoms with Crippen molar-refractivity contribution in [3.8, 4) is 11.5 Å². The molecule has 2 aromatic carbocycles. The second-order valence-electron chi connectivity index (χ2n) is 6.22. The molecule has 0 radical (unpaired) electrons. The van der Waals surface area contributed by atoms with E-state index in [1.54, 1.807) is 0 Å². The Balaban J connectivity index is 0.00000258. The van der Waals surface area contributed by atoms with Crippen molar-refractivity contribution in [3.05, 3.63) is 73.2 Å². The Morgan fingerprint density at radius 2 is 1.35 bits per heavy atom. The van der Waals surface area contributed by atoms with E-state index in [0.29, 0.717) is 32.6 Å². The van der Waals surface area contributed by atoms with E-state index in [2.05, 4.69) is 27.5 Å². The SMILES string of the molecule is O=[N+]([O-])c1ccc([O-])c(C=NCCCNCCN=Cc2cc([N+](=O)[O-])ccc2[O-])c1.[Fe+4].[N-]=C=S. The van der Waals surface area contributed by atoms with Crippen molar-refractivity contribution < 1.29 is 37.1 Å². The number of rotatable bonds is 11. The van der Waals surface area contributed by atoms with Crippen molar-refractivity contribution in [1.29, 1.82) is 0 Å². The first-order chi connectivity index (χ1) is 15.8. The van der Waals surface area contributed by atoms with Crippen LogP contribution in [-0.2, 0) is 17.1 Å². The van der Waals surface area contributed by atoms with Gasteiger partial charge in [-0.05, 0) is 24.1 Å². The third-order valence-electron chi connectivity index (χ3n) is 3.93. The van der Waals surface area contributed by atoms with E-state index in [9.17, 15) is 30.4 Å². The smallest absolute Gasteiger partial charge is 0.872 e. The maximum atomic E-state index is 11.6. The van der Waals surface area contributed by atoms with Gasteiger partial charge in [0, 0.05) is 49.8 Å². The van der Waals surface area contributed by atoms with Gasteiger partial charge in [-0.1, -0.05) is 35.8 Å². The van der Waals surface area contributed by atoms with Crippen LogP contribution in [-0.4, -0.2) is 53.6 Å². The summed E-state index contributed by atoms with van der Waals surface area (Å²) in [5.41, 5.74) is 0.0132. The molecule has 12 nitrogen and oxygen atoms in total. The Bertz CT molecular complexity index is 982. The van der Waals surface area contributed by atoms with Crippen molar-refractivity contribution >= 4 is 41.2 Å². The van der Waals surface area contributed by atoms with E-state index in [1.807, 2.05) is 0 Å². The third-order valence-corrected chi connectivity index (χ3v) is 3.93. The second kappa shape index (κ2) is 17.0. The molecule has 0 aliphatic carbocycles. The molecule has 0 unspecified atom stereocenters. The largest absolute Gasteiger partial charge is 4.00 e. The fourth-order valence-electron chi connectivity index (χ4n) is 2.39. The van der Waals surface area contributed by atoms with Gasteiger partial charge in [-0.15, -0.1) is 0 Å². The van der Waals surface area contributed by atoms with Gasteiger partial charge in [-0.3, -0.25) is 30.2 Å². The van der Waals surface area contributed by atoms with Crippen LogP contribution in [0.2, 0.25) is 0 Å². The Morgan fingerprint density at radius 3 is 1.79 bits per heavy atom. The summed E-state index contributed by atoms with van der Waals surface area (Å²) in [5.74, 6) is -0.662. The molecule has 34 heavy (non-hydrogen) atoms. The average Bonchev–Trinajstić information content (AvgIpc) is 2.77. The molecule has 0 aromatic heterocycles. The van der Waals surface area contributed by atoms with Crippen molar-refractivity contribution in [2.24, 2.45) is 9.98 Å². The molecule has 0 bridgehead atoms. The molecule has 1 N–H and O–H groups in total. The number of nitro groups is 2. The monoisotopic (exact) mass is 527 g/mol. The normalized spacial score (nSPS) is 10.2. The predicted molar refractivity (Wildman–Crippen MR) is 123 cm³/mol. The van der Waals surface area contributed by atoms with Crippen LogP contribution in [0.4, 0.5) is 11.4 Å². The number of aliphatic imine (C=N–C) groups is 2. The Morgan fingerprint density at radius 1 is 0.912 bits per heavy atom. The molecule has 2 aromatic rings. The number of isothiocyanates is 1. The van der Waals surface area contributed by atoms with E-state index in [-0.39, 0.29) is 51.1 Å². The van der Waals surface area contributed by atoms with Gasteiger partial charge in [0.25, 0.3) is 11.4 Å². The van der Waals surface area contributed by atoms with Gasteiger partial charge in [0.2, 0.25) is 0 Å². The molecular weight excluding hydrogens is 508 g/mol. The fourth-order valence-corrected chi connectivity index (χ4v) is 2.39. The Hall–Kier alpha value is -3.54. The summed E-state index contributed by atoms with van der Waals surface area (Å²) in [4.78, 5) is 28.5. The number of benzene rings is 2. The minimum atomic E-state index is -0.572. The van der Waals surface area contributed by atoms with Crippen molar-refractivity contribution in [3.63, 3.8) is 0 Å². The summed E-state index contributed by atoms with van der Waals surface area (Å²) in [6, 6.07) is 6.97. The maximum absolute atomic E-state index is 11.6. The van der Waals surface area contributed by atoms with Gasteiger partial charge < -0.3 is 20.9 Å². The van der Waals surface area contributed by atoms with Gasteiger partial charge in [0.05, 0.1) is 16.4 Å². The molecule has 0 aliphatic rings. The standard InChI is InChI=1S/C19H21N5O6.CNS.Fe/c25-18-4-2-16(23(27)28)10-14(18)12-21-7-1-6-20-8-9-22-13-15-11-17(24(29)30)3-5-19(15)26;2-1-3;/h2-5,10-13,20,25-26H,1,6-9H2;;/q;-1;+4/p-2. The zero-order chi connectivity index (χ0) is 24.6. The second-order valence-corrected chi connectivity index (χ2v) is 6.41. The zero-order valence-electron chi connectivity index (χ0n) is 17.6. The van der Waals surface area contributed by atoms with Crippen LogP contribution in [0.5, 0.6) is 11.5 Å². The summed E-state index contributed by atoms with van der Waals surface area (Å²) in [7, 11) is 0. The molecule has 0 saturated carbocycles. The molecule has 0 amide bonds. The van der Waals surface area contributed by atoms with Crippen LogP contribution in [0.1, 0.15) is 17.5 Å². The quantitative estimate of drug-likeness (QED) is 0.114. The molecule has 178 valence electrons. The molecule has 0 saturated heterocycles. The van der Waals surface area contributed by atoms with E-state index in [1.165, 1.54) is 29.7 Å². The minimum absolute atomic E-state index is 0. The van der Waals surface area contributed by atoms with E-state index in [4.69, 9.17) is 5.41 Å². The topological polar surface area (TPSA) is 191 Å². The van der Waals surface area contributed by atoms with Crippen LogP contribution in [0.15, 0.2) is 46.4 Å². The van der Waals surface area contributed by atoms with Crippen LogP contribution >= 0.6 is 12.2 Å². The van der Waals surface area contributed by atoms with Gasteiger partial charge in [0.1, 0.15) is 0 Å². The Kier molecular flexibility index (Phi) is 15.2. The first kappa shape index (κ1) is 30.5. The van der Waals surface area contributed by atoms with Gasteiger partial charge >= 0.3 is 17.1 Å². The molecule has 0 fully saturated rings. The van der Waals surface area contributed by atoms with Gasteiger partial charge in [-0.25, -0.2) is 0 Å². The molecule has 0 atom stereocenters. The van der Waals surface area contributed by atoms with Crippen LogP contribution in [0.3, 0.4) is 0 Å². The van der Waals surface area contributed by atoms with Crippen molar-refractivity contribution in [2.75, 3.05) is 26.2 Å². The number of nitrogens with one attached hydrogen (secondary N) is 1. The molecule has 0 spiro atoms. The number of hydrogen-bond donors (Lipinski definition) is 1. The molecular formula is C20H19FeN6O6S+. The van der Waals surface area contributed by atoms with Gasteiger partial charge in [-0.2, -0.15) is 5.16 Å². The average molecular weight is 527 g/mol. The summed E-state index contributed by atoms with van der Waals surface area (Å²) >= 11 is 3.70. The number of thiocarbonyl (C=S) groups is 1. The summed E-state index contributed by atoms with van der Waals surface area (Å²) in [6.07, 6.45) is 3.33. The zero-order valence-corrected chi connectivity index (χ0v) is 19.5.